The second-order valence-electron chi connectivity index (χ2n) is 6.49. The first-order valence-corrected chi connectivity index (χ1v) is 9.25. The molecule has 4 rings (SSSR count). The molecule has 0 atom stereocenters. The van der Waals surface area contributed by atoms with Gasteiger partial charge in [0.25, 0.3) is 0 Å². The molecule has 130 valence electrons. The summed E-state index contributed by atoms with van der Waals surface area (Å²) in [6.45, 7) is 5.85. The molecule has 1 aliphatic heterocycles. The molecule has 1 N–H and O–H groups in total. The maximum atomic E-state index is 6.29. The summed E-state index contributed by atoms with van der Waals surface area (Å²) in [6.07, 6.45) is 0. The average molecular weight is 375 g/mol. The summed E-state index contributed by atoms with van der Waals surface area (Å²) >= 11 is 12.3. The maximum absolute atomic E-state index is 6.29. The number of imidazole rings is 1. The van der Waals surface area contributed by atoms with Crippen LogP contribution in [0.25, 0.3) is 11.0 Å². The number of piperazine rings is 1. The van der Waals surface area contributed by atoms with Crippen molar-refractivity contribution in [3.05, 3.63) is 63.9 Å². The molecule has 2 heterocycles. The first kappa shape index (κ1) is 16.9. The summed E-state index contributed by atoms with van der Waals surface area (Å²) in [5.74, 6) is 1.04. The van der Waals surface area contributed by atoms with Gasteiger partial charge >= 0.3 is 0 Å². The van der Waals surface area contributed by atoms with Crippen molar-refractivity contribution in [3.63, 3.8) is 0 Å². The molecule has 0 amide bonds. The third-order valence-corrected chi connectivity index (χ3v) is 5.27. The van der Waals surface area contributed by atoms with Crippen molar-refractivity contribution < 1.29 is 0 Å². The van der Waals surface area contributed by atoms with E-state index in [0.29, 0.717) is 5.02 Å². The molecule has 3 aromatic rings. The van der Waals surface area contributed by atoms with E-state index in [9.17, 15) is 0 Å². The quantitative estimate of drug-likeness (QED) is 0.743. The Morgan fingerprint density at radius 2 is 1.64 bits per heavy atom. The molecule has 1 saturated heterocycles. The fourth-order valence-electron chi connectivity index (χ4n) is 3.29. The van der Waals surface area contributed by atoms with Crippen molar-refractivity contribution in [2.24, 2.45) is 0 Å². The van der Waals surface area contributed by atoms with E-state index >= 15 is 0 Å². The molecule has 0 spiro atoms. The van der Waals surface area contributed by atoms with E-state index in [0.717, 1.165) is 66.7 Å². The van der Waals surface area contributed by atoms with E-state index in [1.807, 2.05) is 36.4 Å². The van der Waals surface area contributed by atoms with Gasteiger partial charge in [0, 0.05) is 42.8 Å². The van der Waals surface area contributed by atoms with Crippen LogP contribution in [0.15, 0.2) is 42.5 Å². The number of aromatic amines is 1. The number of halogens is 2. The van der Waals surface area contributed by atoms with Crippen LogP contribution < -0.4 is 0 Å². The lowest BCUT2D eigenvalue weighted by atomic mass is 10.2. The highest BCUT2D eigenvalue weighted by molar-refractivity contribution is 6.35. The van der Waals surface area contributed by atoms with Crippen LogP contribution in [0.5, 0.6) is 0 Å². The van der Waals surface area contributed by atoms with Gasteiger partial charge in [-0.15, -0.1) is 0 Å². The number of fused-ring (bicyclic) bond motifs is 1. The second-order valence-corrected chi connectivity index (χ2v) is 7.33. The van der Waals surface area contributed by atoms with Crippen molar-refractivity contribution in [3.8, 4) is 0 Å². The summed E-state index contributed by atoms with van der Waals surface area (Å²) in [6, 6.07) is 13.9. The van der Waals surface area contributed by atoms with Gasteiger partial charge in [-0.2, -0.15) is 0 Å². The largest absolute Gasteiger partial charge is 0.341 e. The summed E-state index contributed by atoms with van der Waals surface area (Å²) in [4.78, 5) is 13.0. The highest BCUT2D eigenvalue weighted by atomic mass is 35.5. The van der Waals surface area contributed by atoms with Gasteiger partial charge in [0.1, 0.15) is 5.82 Å². The van der Waals surface area contributed by atoms with Gasteiger partial charge in [-0.25, -0.2) is 4.98 Å². The molecular formula is C19H20Cl2N4. The van der Waals surface area contributed by atoms with Crippen LogP contribution in [0.1, 0.15) is 11.4 Å². The van der Waals surface area contributed by atoms with Crippen molar-refractivity contribution in [1.82, 2.24) is 19.8 Å². The first-order valence-electron chi connectivity index (χ1n) is 8.50. The third-order valence-electron chi connectivity index (χ3n) is 4.69. The Bertz CT molecular complexity index is 836. The number of hydrogen-bond acceptors (Lipinski definition) is 3. The topological polar surface area (TPSA) is 35.2 Å². The normalized spacial score (nSPS) is 16.6. The molecule has 25 heavy (non-hydrogen) atoms. The first-order chi connectivity index (χ1) is 12.2. The van der Waals surface area contributed by atoms with E-state index in [4.69, 9.17) is 23.2 Å². The standard InChI is InChI=1S/C19H20Cl2N4/c20-15-6-5-14(16(21)11-15)12-24-7-9-25(10-8-24)13-19-22-17-3-1-2-4-18(17)23-19/h1-6,11H,7-10,12-13H2,(H,22,23). The lowest BCUT2D eigenvalue weighted by Crippen LogP contribution is -2.45. The van der Waals surface area contributed by atoms with Crippen LogP contribution in [0.4, 0.5) is 0 Å². The Hall–Kier alpha value is -1.59. The minimum absolute atomic E-state index is 0.685. The van der Waals surface area contributed by atoms with E-state index < -0.39 is 0 Å². The van der Waals surface area contributed by atoms with E-state index in [1.54, 1.807) is 0 Å². The van der Waals surface area contributed by atoms with Crippen LogP contribution in [0, 0.1) is 0 Å². The molecule has 2 aromatic carbocycles. The zero-order valence-corrected chi connectivity index (χ0v) is 15.4. The molecular weight excluding hydrogens is 355 g/mol. The van der Waals surface area contributed by atoms with Gasteiger partial charge in [0.2, 0.25) is 0 Å². The van der Waals surface area contributed by atoms with Crippen LogP contribution in [0.3, 0.4) is 0 Å². The Morgan fingerprint density at radius 3 is 2.36 bits per heavy atom. The van der Waals surface area contributed by atoms with Gasteiger partial charge in [0.05, 0.1) is 17.6 Å². The zero-order valence-electron chi connectivity index (χ0n) is 13.9. The smallest absolute Gasteiger partial charge is 0.121 e. The van der Waals surface area contributed by atoms with Crippen molar-refractivity contribution in [2.75, 3.05) is 26.2 Å². The SMILES string of the molecule is Clc1ccc(CN2CCN(Cc3nc4ccccc4[nH]3)CC2)c(Cl)c1. The number of rotatable bonds is 4. The van der Waals surface area contributed by atoms with Gasteiger partial charge < -0.3 is 4.98 Å². The Labute approximate surface area is 157 Å². The number of nitrogens with zero attached hydrogens (tertiary/aromatic N) is 3. The van der Waals surface area contributed by atoms with Crippen molar-refractivity contribution in [2.45, 2.75) is 13.1 Å². The van der Waals surface area contributed by atoms with E-state index in [2.05, 4.69) is 25.8 Å². The zero-order chi connectivity index (χ0) is 17.2. The van der Waals surface area contributed by atoms with Crippen LogP contribution >= 0.6 is 23.2 Å². The van der Waals surface area contributed by atoms with E-state index in [-0.39, 0.29) is 0 Å². The van der Waals surface area contributed by atoms with Crippen molar-refractivity contribution >= 4 is 34.2 Å². The van der Waals surface area contributed by atoms with E-state index in [1.165, 1.54) is 0 Å². The minimum Gasteiger partial charge on any atom is -0.341 e. The highest BCUT2D eigenvalue weighted by Crippen LogP contribution is 2.23. The summed E-state index contributed by atoms with van der Waals surface area (Å²) in [7, 11) is 0. The lowest BCUT2D eigenvalue weighted by Gasteiger charge is -2.34. The maximum Gasteiger partial charge on any atom is 0.121 e. The summed E-state index contributed by atoms with van der Waals surface area (Å²) < 4.78 is 0. The molecule has 0 radical (unpaired) electrons. The molecule has 4 nitrogen and oxygen atoms in total. The Morgan fingerprint density at radius 1 is 0.920 bits per heavy atom. The molecule has 0 bridgehead atoms. The van der Waals surface area contributed by atoms with Crippen molar-refractivity contribution in [1.29, 1.82) is 0 Å². The fourth-order valence-corrected chi connectivity index (χ4v) is 3.76. The molecule has 0 unspecified atom stereocenters. The second kappa shape index (κ2) is 7.34. The van der Waals surface area contributed by atoms with Crippen LogP contribution in [-0.4, -0.2) is 45.9 Å². The number of nitrogens with one attached hydrogen (secondary N) is 1. The van der Waals surface area contributed by atoms with Gasteiger partial charge in [-0.3, -0.25) is 9.80 Å². The predicted molar refractivity (Wildman–Crippen MR) is 103 cm³/mol. The summed E-state index contributed by atoms with van der Waals surface area (Å²) in [5, 5.41) is 1.43. The minimum atomic E-state index is 0.685. The number of H-pyrrole nitrogens is 1. The van der Waals surface area contributed by atoms with Gasteiger partial charge in [-0.1, -0.05) is 41.4 Å². The fraction of sp³-hybridized carbons (Fsp3) is 0.316. The Balaban J connectivity index is 1.33. The molecule has 0 aliphatic carbocycles. The van der Waals surface area contributed by atoms with Crippen LogP contribution in [-0.2, 0) is 13.1 Å². The third kappa shape index (κ3) is 3.98. The highest BCUT2D eigenvalue weighted by Gasteiger charge is 2.19. The average Bonchev–Trinajstić information content (AvgIpc) is 3.01. The molecule has 0 saturated carbocycles. The van der Waals surface area contributed by atoms with Gasteiger partial charge in [0.15, 0.2) is 0 Å². The van der Waals surface area contributed by atoms with Gasteiger partial charge in [-0.05, 0) is 29.8 Å². The number of aromatic nitrogens is 2. The number of benzene rings is 2. The lowest BCUT2D eigenvalue weighted by molar-refractivity contribution is 0.120. The van der Waals surface area contributed by atoms with Crippen LogP contribution in [0.2, 0.25) is 10.0 Å². The molecule has 1 aliphatic rings. The number of para-hydroxylation sites is 2. The summed E-state index contributed by atoms with van der Waals surface area (Å²) in [5.41, 5.74) is 3.28. The molecule has 6 heteroatoms. The Kier molecular flexibility index (Phi) is 4.95. The number of hydrogen-bond donors (Lipinski definition) is 1. The molecule has 1 aromatic heterocycles. The molecule has 1 fully saturated rings. The monoisotopic (exact) mass is 374 g/mol. The predicted octanol–water partition coefficient (Wildman–Crippen LogP) is 4.19.